The second-order valence-corrected chi connectivity index (χ2v) is 6.88. The summed E-state index contributed by atoms with van der Waals surface area (Å²) in [7, 11) is 1.95. The van der Waals surface area contributed by atoms with E-state index in [2.05, 4.69) is 27.3 Å². The minimum Gasteiger partial charge on any atom is -0.373 e. The highest BCUT2D eigenvalue weighted by Crippen LogP contribution is 2.37. The van der Waals surface area contributed by atoms with Gasteiger partial charge in [0.05, 0.1) is 11.8 Å². The number of hydrogen-bond acceptors (Lipinski definition) is 4. The van der Waals surface area contributed by atoms with Crippen LogP contribution in [0, 0.1) is 19.8 Å². The lowest BCUT2D eigenvalue weighted by Gasteiger charge is -2.19. The number of pyridine rings is 1. The zero-order chi connectivity index (χ0) is 18.3. The van der Waals surface area contributed by atoms with Crippen molar-refractivity contribution in [2.24, 2.45) is 13.0 Å². The van der Waals surface area contributed by atoms with Crippen molar-refractivity contribution in [3.8, 4) is 0 Å². The van der Waals surface area contributed by atoms with Crippen molar-refractivity contribution in [1.82, 2.24) is 25.1 Å². The summed E-state index contributed by atoms with van der Waals surface area (Å²) in [4.78, 5) is 19.8. The van der Waals surface area contributed by atoms with Crippen LogP contribution in [0.5, 0.6) is 0 Å². The summed E-state index contributed by atoms with van der Waals surface area (Å²) in [6, 6.07) is 5.62. The first-order chi connectivity index (χ1) is 12.5. The van der Waals surface area contributed by atoms with Crippen LogP contribution in [0.2, 0.25) is 0 Å². The van der Waals surface area contributed by atoms with E-state index in [1.54, 1.807) is 6.20 Å². The lowest BCUT2D eigenvalue weighted by molar-refractivity contribution is 0.0838. The number of aromatic nitrogens is 4. The van der Waals surface area contributed by atoms with Gasteiger partial charge in [0, 0.05) is 49.0 Å². The van der Waals surface area contributed by atoms with E-state index in [1.807, 2.05) is 36.9 Å². The van der Waals surface area contributed by atoms with Gasteiger partial charge in [0.1, 0.15) is 11.3 Å². The van der Waals surface area contributed by atoms with Crippen LogP contribution in [0.1, 0.15) is 40.0 Å². The Kier molecular flexibility index (Phi) is 4.24. The highest BCUT2D eigenvalue weighted by Gasteiger charge is 2.33. The molecule has 1 saturated heterocycles. The van der Waals surface area contributed by atoms with Crippen molar-refractivity contribution in [3.05, 3.63) is 47.0 Å². The van der Waals surface area contributed by atoms with Gasteiger partial charge in [-0.25, -0.2) is 4.98 Å². The van der Waals surface area contributed by atoms with Gasteiger partial charge in [-0.3, -0.25) is 9.48 Å². The number of carbonyl (C=O) groups excluding carboxylic acids is 1. The number of ether oxygens (including phenoxy) is 1. The van der Waals surface area contributed by atoms with E-state index < -0.39 is 0 Å². The number of rotatable bonds is 4. The SMILES string of the molecule is Cc1nn(C)c(C)c1[C@H]1OCC[C@@H]1CNC(=O)c1cc2cccnc2[nH]1. The molecule has 136 valence electrons. The molecule has 0 aromatic carbocycles. The number of H-pyrrole nitrogens is 1. The molecule has 4 rings (SSSR count). The molecule has 1 fully saturated rings. The molecule has 0 spiro atoms. The Morgan fingerprint density at radius 2 is 2.31 bits per heavy atom. The van der Waals surface area contributed by atoms with Gasteiger partial charge in [-0.2, -0.15) is 5.10 Å². The van der Waals surface area contributed by atoms with Crippen molar-refractivity contribution >= 4 is 16.9 Å². The first kappa shape index (κ1) is 16.8. The molecule has 0 radical (unpaired) electrons. The van der Waals surface area contributed by atoms with Crippen LogP contribution in [-0.2, 0) is 11.8 Å². The molecular weight excluding hydrogens is 330 g/mol. The summed E-state index contributed by atoms with van der Waals surface area (Å²) >= 11 is 0. The fraction of sp³-hybridized carbons (Fsp3) is 0.421. The highest BCUT2D eigenvalue weighted by molar-refractivity contribution is 5.97. The van der Waals surface area contributed by atoms with Crippen LogP contribution in [0.3, 0.4) is 0 Å². The molecule has 0 unspecified atom stereocenters. The molecule has 3 aromatic rings. The maximum atomic E-state index is 12.5. The maximum Gasteiger partial charge on any atom is 0.267 e. The lowest BCUT2D eigenvalue weighted by atomic mass is 9.94. The smallest absolute Gasteiger partial charge is 0.267 e. The van der Waals surface area contributed by atoms with E-state index in [-0.39, 0.29) is 17.9 Å². The van der Waals surface area contributed by atoms with Crippen LogP contribution in [0.25, 0.3) is 11.0 Å². The molecule has 2 N–H and O–H groups in total. The van der Waals surface area contributed by atoms with Crippen LogP contribution >= 0.6 is 0 Å². The van der Waals surface area contributed by atoms with Crippen molar-refractivity contribution in [2.75, 3.05) is 13.2 Å². The zero-order valence-electron chi connectivity index (χ0n) is 15.2. The second kappa shape index (κ2) is 6.57. The van der Waals surface area contributed by atoms with Crippen molar-refractivity contribution in [3.63, 3.8) is 0 Å². The van der Waals surface area contributed by atoms with Gasteiger partial charge in [0.15, 0.2) is 0 Å². The third kappa shape index (κ3) is 2.88. The highest BCUT2D eigenvalue weighted by atomic mass is 16.5. The van der Waals surface area contributed by atoms with E-state index in [9.17, 15) is 4.79 Å². The third-order valence-electron chi connectivity index (χ3n) is 5.22. The summed E-state index contributed by atoms with van der Waals surface area (Å²) in [5, 5.41) is 8.47. The fourth-order valence-corrected chi connectivity index (χ4v) is 3.76. The quantitative estimate of drug-likeness (QED) is 0.754. The van der Waals surface area contributed by atoms with E-state index in [0.717, 1.165) is 34.4 Å². The number of fused-ring (bicyclic) bond motifs is 1. The monoisotopic (exact) mass is 353 g/mol. The Labute approximate surface area is 151 Å². The Hall–Kier alpha value is -2.67. The molecule has 7 nitrogen and oxygen atoms in total. The van der Waals surface area contributed by atoms with Gasteiger partial charge in [-0.05, 0) is 38.5 Å². The molecule has 1 amide bonds. The average Bonchev–Trinajstić information content (AvgIpc) is 3.31. The molecule has 26 heavy (non-hydrogen) atoms. The molecule has 3 aromatic heterocycles. The van der Waals surface area contributed by atoms with Crippen molar-refractivity contribution in [2.45, 2.75) is 26.4 Å². The first-order valence-corrected chi connectivity index (χ1v) is 8.88. The number of nitrogens with zero attached hydrogens (tertiary/aromatic N) is 3. The van der Waals surface area contributed by atoms with Gasteiger partial charge in [0.2, 0.25) is 0 Å². The summed E-state index contributed by atoms with van der Waals surface area (Å²) in [5.41, 5.74) is 4.52. The number of carbonyl (C=O) groups is 1. The van der Waals surface area contributed by atoms with Gasteiger partial charge in [-0.15, -0.1) is 0 Å². The van der Waals surface area contributed by atoms with E-state index in [0.29, 0.717) is 18.8 Å². The average molecular weight is 353 g/mol. The first-order valence-electron chi connectivity index (χ1n) is 8.88. The normalized spacial score (nSPS) is 20.0. The molecule has 7 heteroatoms. The molecule has 2 atom stereocenters. The zero-order valence-corrected chi connectivity index (χ0v) is 15.2. The summed E-state index contributed by atoms with van der Waals surface area (Å²) < 4.78 is 7.88. The van der Waals surface area contributed by atoms with E-state index in [1.165, 1.54) is 0 Å². The molecular formula is C19H23N5O2. The van der Waals surface area contributed by atoms with Gasteiger partial charge >= 0.3 is 0 Å². The number of hydrogen-bond donors (Lipinski definition) is 2. The molecule has 4 heterocycles. The largest absolute Gasteiger partial charge is 0.373 e. The van der Waals surface area contributed by atoms with Crippen LogP contribution in [0.4, 0.5) is 0 Å². The van der Waals surface area contributed by atoms with Gasteiger partial charge in [-0.1, -0.05) is 0 Å². The predicted octanol–water partition coefficient (Wildman–Crippen LogP) is 2.42. The number of aryl methyl sites for hydroxylation is 2. The summed E-state index contributed by atoms with van der Waals surface area (Å²) in [5.74, 6) is 0.122. The van der Waals surface area contributed by atoms with Gasteiger partial charge in [0.25, 0.3) is 5.91 Å². The van der Waals surface area contributed by atoms with E-state index >= 15 is 0 Å². The van der Waals surface area contributed by atoms with Crippen LogP contribution in [-0.4, -0.2) is 38.8 Å². The Balaban J connectivity index is 1.47. The number of amides is 1. The van der Waals surface area contributed by atoms with E-state index in [4.69, 9.17) is 4.74 Å². The Bertz CT molecular complexity index is 925. The minimum absolute atomic E-state index is 0.0200. The maximum absolute atomic E-state index is 12.5. The lowest BCUT2D eigenvalue weighted by Crippen LogP contribution is -2.31. The fourth-order valence-electron chi connectivity index (χ4n) is 3.76. The Morgan fingerprint density at radius 3 is 3.04 bits per heavy atom. The topological polar surface area (TPSA) is 84.8 Å². The number of aromatic amines is 1. The Morgan fingerprint density at radius 1 is 1.46 bits per heavy atom. The number of nitrogens with one attached hydrogen (secondary N) is 2. The van der Waals surface area contributed by atoms with Crippen molar-refractivity contribution < 1.29 is 9.53 Å². The second-order valence-electron chi connectivity index (χ2n) is 6.88. The van der Waals surface area contributed by atoms with Crippen LogP contribution < -0.4 is 5.32 Å². The summed E-state index contributed by atoms with van der Waals surface area (Å²) in [6.45, 7) is 5.34. The third-order valence-corrected chi connectivity index (χ3v) is 5.22. The standard InChI is InChI=1S/C19H23N5O2/c1-11-16(12(2)24(3)23-11)17-14(6-8-26-17)10-21-19(25)15-9-13-5-4-7-20-18(13)22-15/h4-5,7,9,14,17H,6,8,10H2,1-3H3,(H,20,22)(H,21,25)/t14-,17+/m1/s1. The van der Waals surface area contributed by atoms with Crippen LogP contribution in [0.15, 0.2) is 24.4 Å². The minimum atomic E-state index is -0.117. The molecule has 0 saturated carbocycles. The molecule has 1 aliphatic heterocycles. The molecule has 0 aliphatic carbocycles. The molecule has 1 aliphatic rings. The van der Waals surface area contributed by atoms with Gasteiger partial charge < -0.3 is 15.0 Å². The summed E-state index contributed by atoms with van der Waals surface area (Å²) in [6.07, 6.45) is 2.61. The predicted molar refractivity (Wildman–Crippen MR) is 97.9 cm³/mol. The molecule has 0 bridgehead atoms. The van der Waals surface area contributed by atoms with Crippen molar-refractivity contribution in [1.29, 1.82) is 0 Å².